The molecule has 0 aliphatic rings. The average Bonchev–Trinajstić information content (AvgIpc) is 2.73. The van der Waals surface area contributed by atoms with Gasteiger partial charge < -0.3 is 4.90 Å². The SMILES string of the molecule is Cc1ccccc1-c1cc(-c2ccc3cc(N(C)C)ccc3c2)c(C(C)C)c[n+]1C. The molecule has 0 aliphatic carbocycles. The van der Waals surface area contributed by atoms with Gasteiger partial charge in [0.15, 0.2) is 6.20 Å². The van der Waals surface area contributed by atoms with Crippen LogP contribution in [0.4, 0.5) is 5.69 Å². The van der Waals surface area contributed by atoms with E-state index in [-0.39, 0.29) is 0 Å². The van der Waals surface area contributed by atoms with Crippen LogP contribution in [0.15, 0.2) is 72.9 Å². The van der Waals surface area contributed by atoms with Crippen molar-refractivity contribution in [3.63, 3.8) is 0 Å². The molecule has 0 spiro atoms. The molecule has 0 aliphatic heterocycles. The molecule has 0 N–H and O–H groups in total. The zero-order chi connectivity index (χ0) is 21.4. The Morgan fingerprint density at radius 1 is 0.800 bits per heavy atom. The van der Waals surface area contributed by atoms with Crippen molar-refractivity contribution >= 4 is 16.5 Å². The van der Waals surface area contributed by atoms with Gasteiger partial charge in [-0.25, -0.2) is 4.57 Å². The Kier molecular flexibility index (Phi) is 5.34. The molecule has 0 unspecified atom stereocenters. The summed E-state index contributed by atoms with van der Waals surface area (Å²) in [5, 5.41) is 2.55. The van der Waals surface area contributed by atoms with Gasteiger partial charge >= 0.3 is 0 Å². The lowest BCUT2D eigenvalue weighted by Crippen LogP contribution is -2.32. The maximum Gasteiger partial charge on any atom is 0.213 e. The lowest BCUT2D eigenvalue weighted by Gasteiger charge is -2.16. The Morgan fingerprint density at radius 2 is 1.50 bits per heavy atom. The predicted molar refractivity (Wildman–Crippen MR) is 129 cm³/mol. The third-order valence-electron chi connectivity index (χ3n) is 6.00. The van der Waals surface area contributed by atoms with Crippen LogP contribution in [0.25, 0.3) is 33.2 Å². The van der Waals surface area contributed by atoms with Crippen molar-refractivity contribution in [1.82, 2.24) is 0 Å². The Morgan fingerprint density at radius 3 is 2.20 bits per heavy atom. The van der Waals surface area contributed by atoms with Gasteiger partial charge in [0.05, 0.1) is 0 Å². The number of hydrogen-bond acceptors (Lipinski definition) is 1. The van der Waals surface area contributed by atoms with E-state index in [1.807, 2.05) is 0 Å². The zero-order valence-corrected chi connectivity index (χ0v) is 18.9. The van der Waals surface area contributed by atoms with Gasteiger partial charge in [0.1, 0.15) is 7.05 Å². The summed E-state index contributed by atoms with van der Waals surface area (Å²) in [5.74, 6) is 0.448. The van der Waals surface area contributed by atoms with E-state index in [0.29, 0.717) is 5.92 Å². The van der Waals surface area contributed by atoms with E-state index in [4.69, 9.17) is 0 Å². The Balaban J connectivity index is 1.91. The van der Waals surface area contributed by atoms with Crippen LogP contribution in [0.1, 0.15) is 30.9 Å². The second-order valence-electron chi connectivity index (χ2n) is 8.75. The van der Waals surface area contributed by atoms with Crippen molar-refractivity contribution in [2.24, 2.45) is 7.05 Å². The van der Waals surface area contributed by atoms with Gasteiger partial charge in [0.2, 0.25) is 5.69 Å². The third-order valence-corrected chi connectivity index (χ3v) is 6.00. The molecule has 0 fully saturated rings. The highest BCUT2D eigenvalue weighted by molar-refractivity contribution is 5.90. The molecule has 2 nitrogen and oxygen atoms in total. The summed E-state index contributed by atoms with van der Waals surface area (Å²) in [6.07, 6.45) is 2.31. The summed E-state index contributed by atoms with van der Waals surface area (Å²) in [7, 11) is 6.32. The van der Waals surface area contributed by atoms with Crippen LogP contribution in [0.2, 0.25) is 0 Å². The normalized spacial score (nSPS) is 11.3. The first kappa shape index (κ1) is 20.2. The lowest BCUT2D eigenvalue weighted by atomic mass is 9.91. The highest BCUT2D eigenvalue weighted by Gasteiger charge is 2.20. The quantitative estimate of drug-likeness (QED) is 0.358. The van der Waals surface area contributed by atoms with Crippen LogP contribution >= 0.6 is 0 Å². The molecule has 3 aromatic carbocycles. The van der Waals surface area contributed by atoms with E-state index < -0.39 is 0 Å². The van der Waals surface area contributed by atoms with E-state index >= 15 is 0 Å². The molecule has 4 aromatic rings. The summed E-state index contributed by atoms with van der Waals surface area (Å²) >= 11 is 0. The molecule has 0 bridgehead atoms. The van der Waals surface area contributed by atoms with Crippen LogP contribution in [-0.4, -0.2) is 14.1 Å². The van der Waals surface area contributed by atoms with Crippen LogP contribution in [-0.2, 0) is 7.05 Å². The Hall–Kier alpha value is -3.13. The van der Waals surface area contributed by atoms with Gasteiger partial charge in [0.25, 0.3) is 0 Å². The van der Waals surface area contributed by atoms with E-state index in [1.54, 1.807) is 0 Å². The summed E-state index contributed by atoms with van der Waals surface area (Å²) in [5.41, 5.74) is 9.03. The predicted octanol–water partition coefficient (Wildman–Crippen LogP) is 6.50. The molecule has 0 amide bonds. The van der Waals surface area contributed by atoms with Gasteiger partial charge in [-0.1, -0.05) is 50.2 Å². The van der Waals surface area contributed by atoms with Crippen LogP contribution < -0.4 is 9.47 Å². The molecule has 0 saturated heterocycles. The Labute approximate surface area is 180 Å². The molecular formula is C28H31N2+. The second kappa shape index (κ2) is 7.95. The van der Waals surface area contributed by atoms with Gasteiger partial charge in [-0.05, 0) is 64.6 Å². The second-order valence-corrected chi connectivity index (χ2v) is 8.75. The fourth-order valence-corrected chi connectivity index (χ4v) is 4.19. The Bertz CT molecular complexity index is 1220. The minimum Gasteiger partial charge on any atom is -0.378 e. The monoisotopic (exact) mass is 395 g/mol. The van der Waals surface area contributed by atoms with E-state index in [2.05, 4.69) is 124 Å². The minimum atomic E-state index is 0.448. The fourth-order valence-electron chi connectivity index (χ4n) is 4.19. The highest BCUT2D eigenvalue weighted by Crippen LogP contribution is 2.34. The number of pyridine rings is 1. The maximum atomic E-state index is 2.37. The molecule has 1 heterocycles. The molecule has 0 saturated carbocycles. The van der Waals surface area contributed by atoms with Gasteiger partial charge in [0, 0.05) is 37.0 Å². The molecular weight excluding hydrogens is 364 g/mol. The number of aromatic nitrogens is 1. The summed E-state index contributed by atoms with van der Waals surface area (Å²) in [6, 6.07) is 24.5. The molecule has 1 aromatic heterocycles. The maximum absolute atomic E-state index is 2.37. The van der Waals surface area contributed by atoms with E-state index in [9.17, 15) is 0 Å². The molecule has 30 heavy (non-hydrogen) atoms. The molecule has 4 rings (SSSR count). The van der Waals surface area contributed by atoms with Crippen LogP contribution in [0.5, 0.6) is 0 Å². The summed E-state index contributed by atoms with van der Waals surface area (Å²) in [4.78, 5) is 2.15. The largest absolute Gasteiger partial charge is 0.378 e. The van der Waals surface area contributed by atoms with E-state index in [1.165, 1.54) is 50.0 Å². The van der Waals surface area contributed by atoms with Crippen molar-refractivity contribution in [3.05, 3.63) is 84.1 Å². The lowest BCUT2D eigenvalue weighted by molar-refractivity contribution is -0.660. The minimum absolute atomic E-state index is 0.448. The van der Waals surface area contributed by atoms with Crippen LogP contribution in [0, 0.1) is 6.92 Å². The standard InChI is InChI=1S/C28H31N2/c1-19(2)27-18-30(6)28(25-10-8-7-9-20(25)3)17-26(27)23-12-11-22-16-24(29(4)5)14-13-21(22)15-23/h7-19H,1-6H3/q+1. The zero-order valence-electron chi connectivity index (χ0n) is 18.9. The molecule has 152 valence electrons. The van der Waals surface area contributed by atoms with Gasteiger partial charge in [-0.3, -0.25) is 0 Å². The fraction of sp³-hybridized carbons (Fsp3) is 0.250. The van der Waals surface area contributed by atoms with Crippen molar-refractivity contribution in [3.8, 4) is 22.4 Å². The number of aryl methyl sites for hydroxylation is 2. The smallest absolute Gasteiger partial charge is 0.213 e. The first-order chi connectivity index (χ1) is 14.3. The van der Waals surface area contributed by atoms with Crippen molar-refractivity contribution in [2.75, 3.05) is 19.0 Å². The summed E-state index contributed by atoms with van der Waals surface area (Å²) in [6.45, 7) is 6.73. The van der Waals surface area contributed by atoms with Crippen molar-refractivity contribution in [2.45, 2.75) is 26.7 Å². The average molecular weight is 396 g/mol. The van der Waals surface area contributed by atoms with Gasteiger partial charge in [-0.15, -0.1) is 0 Å². The topological polar surface area (TPSA) is 7.12 Å². The highest BCUT2D eigenvalue weighted by atomic mass is 15.1. The third kappa shape index (κ3) is 3.70. The molecule has 0 atom stereocenters. The first-order valence-corrected chi connectivity index (χ1v) is 10.7. The molecule has 0 radical (unpaired) electrons. The first-order valence-electron chi connectivity index (χ1n) is 10.7. The number of anilines is 1. The number of nitrogens with zero attached hydrogens (tertiary/aromatic N) is 2. The number of fused-ring (bicyclic) bond motifs is 1. The van der Waals surface area contributed by atoms with E-state index in [0.717, 1.165) is 0 Å². The molecule has 2 heteroatoms. The van der Waals surface area contributed by atoms with Gasteiger partial charge in [-0.2, -0.15) is 0 Å². The number of rotatable bonds is 4. The van der Waals surface area contributed by atoms with Crippen LogP contribution in [0.3, 0.4) is 0 Å². The van der Waals surface area contributed by atoms with Crippen molar-refractivity contribution in [1.29, 1.82) is 0 Å². The number of hydrogen-bond donors (Lipinski definition) is 0. The summed E-state index contributed by atoms with van der Waals surface area (Å²) < 4.78 is 2.27. The van der Waals surface area contributed by atoms with Crippen molar-refractivity contribution < 1.29 is 4.57 Å². The number of benzene rings is 3.